The number of nitrogens with zero attached hydrogens (tertiary/aromatic N) is 5. The van der Waals surface area contributed by atoms with Crippen molar-refractivity contribution in [3.05, 3.63) is 35.9 Å². The zero-order chi connectivity index (χ0) is 21.1. The van der Waals surface area contributed by atoms with Crippen LogP contribution in [0.4, 0.5) is 4.39 Å². The Bertz CT molecular complexity index is 911. The van der Waals surface area contributed by atoms with E-state index in [1.807, 2.05) is 4.57 Å². The van der Waals surface area contributed by atoms with Crippen molar-refractivity contribution in [3.63, 3.8) is 0 Å². The van der Waals surface area contributed by atoms with Crippen molar-refractivity contribution in [2.75, 3.05) is 25.4 Å². The van der Waals surface area contributed by atoms with Gasteiger partial charge < -0.3 is 0 Å². The van der Waals surface area contributed by atoms with Crippen molar-refractivity contribution in [3.8, 4) is 5.69 Å². The van der Waals surface area contributed by atoms with Gasteiger partial charge in [-0.05, 0) is 63.5 Å². The first kappa shape index (κ1) is 21.0. The Morgan fingerprint density at radius 2 is 1.83 bits per heavy atom. The second-order valence-electron chi connectivity index (χ2n) is 7.76. The summed E-state index contributed by atoms with van der Waals surface area (Å²) >= 11 is 1.26. The predicted molar refractivity (Wildman–Crippen MR) is 112 cm³/mol. The van der Waals surface area contributed by atoms with E-state index in [0.717, 1.165) is 43.9 Å². The van der Waals surface area contributed by atoms with Crippen LogP contribution in [0.1, 0.15) is 50.9 Å². The first-order valence-electron chi connectivity index (χ1n) is 10.5. The van der Waals surface area contributed by atoms with E-state index in [1.165, 1.54) is 35.2 Å². The fourth-order valence-corrected chi connectivity index (χ4v) is 4.90. The van der Waals surface area contributed by atoms with Gasteiger partial charge in [0, 0.05) is 18.7 Å². The minimum atomic E-state index is -0.311. The number of thioether (sulfide) groups is 1. The summed E-state index contributed by atoms with van der Waals surface area (Å²) in [5, 5.41) is 9.36. The van der Waals surface area contributed by atoms with Gasteiger partial charge in [-0.1, -0.05) is 18.2 Å². The average Bonchev–Trinajstić information content (AvgIpc) is 3.39. The Morgan fingerprint density at radius 1 is 1.10 bits per heavy atom. The first-order valence-corrected chi connectivity index (χ1v) is 11.4. The van der Waals surface area contributed by atoms with Crippen molar-refractivity contribution in [1.82, 2.24) is 24.6 Å². The van der Waals surface area contributed by atoms with Gasteiger partial charge in [-0.2, -0.15) is 0 Å². The molecule has 3 heterocycles. The number of imide groups is 1. The van der Waals surface area contributed by atoms with Crippen LogP contribution >= 0.6 is 11.8 Å². The fourth-order valence-electron chi connectivity index (χ4n) is 4.06. The number of hydrogen-bond donors (Lipinski definition) is 0. The normalized spacial score (nSPS) is 18.7. The quantitative estimate of drug-likeness (QED) is 0.654. The molecule has 4 rings (SSSR count). The Labute approximate surface area is 179 Å². The van der Waals surface area contributed by atoms with Crippen LogP contribution in [0, 0.1) is 5.82 Å². The molecule has 1 aromatic heterocycles. The third-order valence-electron chi connectivity index (χ3n) is 5.75. The summed E-state index contributed by atoms with van der Waals surface area (Å²) in [5.74, 6) is 0.260. The van der Waals surface area contributed by atoms with Crippen LogP contribution < -0.4 is 0 Å². The zero-order valence-corrected chi connectivity index (χ0v) is 17.9. The van der Waals surface area contributed by atoms with E-state index in [-0.39, 0.29) is 29.4 Å². The van der Waals surface area contributed by atoms with E-state index < -0.39 is 0 Å². The van der Waals surface area contributed by atoms with Crippen molar-refractivity contribution in [1.29, 1.82) is 0 Å². The SMILES string of the molecule is C[C@H](c1nnc(SCC(=O)N2CCCC2=O)n1-c1ccc(F)cc1)N1CCCCC1. The van der Waals surface area contributed by atoms with Crippen molar-refractivity contribution < 1.29 is 14.0 Å². The molecule has 0 bridgehead atoms. The molecule has 0 radical (unpaired) electrons. The van der Waals surface area contributed by atoms with Gasteiger partial charge in [-0.15, -0.1) is 10.2 Å². The molecule has 160 valence electrons. The number of benzene rings is 1. The van der Waals surface area contributed by atoms with Crippen LogP contribution in [0.2, 0.25) is 0 Å². The van der Waals surface area contributed by atoms with Gasteiger partial charge in [-0.25, -0.2) is 4.39 Å². The number of piperidine rings is 1. The number of aromatic nitrogens is 3. The average molecular weight is 432 g/mol. The minimum absolute atomic E-state index is 0.0491. The lowest BCUT2D eigenvalue weighted by molar-refractivity contribution is -0.140. The highest BCUT2D eigenvalue weighted by atomic mass is 32.2. The molecule has 2 aromatic rings. The maximum Gasteiger partial charge on any atom is 0.239 e. The number of hydrogen-bond acceptors (Lipinski definition) is 6. The summed E-state index contributed by atoms with van der Waals surface area (Å²) < 4.78 is 15.4. The van der Waals surface area contributed by atoms with Gasteiger partial charge in [0.05, 0.1) is 11.8 Å². The highest BCUT2D eigenvalue weighted by Crippen LogP contribution is 2.29. The minimum Gasteiger partial charge on any atom is -0.294 e. The number of rotatable bonds is 6. The second-order valence-corrected chi connectivity index (χ2v) is 8.70. The van der Waals surface area contributed by atoms with Crippen LogP contribution in [0.15, 0.2) is 29.4 Å². The predicted octanol–water partition coefficient (Wildman–Crippen LogP) is 3.19. The van der Waals surface area contributed by atoms with Gasteiger partial charge in [0.15, 0.2) is 11.0 Å². The first-order chi connectivity index (χ1) is 14.5. The molecule has 2 fully saturated rings. The maximum absolute atomic E-state index is 13.5. The van der Waals surface area contributed by atoms with Gasteiger partial charge in [0.1, 0.15) is 5.82 Å². The number of carbonyl (C=O) groups is 2. The van der Waals surface area contributed by atoms with Crippen LogP contribution in [0.25, 0.3) is 5.69 Å². The van der Waals surface area contributed by atoms with Gasteiger partial charge in [0.2, 0.25) is 11.8 Å². The van der Waals surface area contributed by atoms with Crippen LogP contribution in [0.3, 0.4) is 0 Å². The van der Waals surface area contributed by atoms with E-state index in [1.54, 1.807) is 12.1 Å². The Balaban J connectivity index is 1.59. The third kappa shape index (κ3) is 4.41. The highest BCUT2D eigenvalue weighted by Gasteiger charge is 2.28. The molecule has 2 aliphatic rings. The molecule has 2 amide bonds. The standard InChI is InChI=1S/C21H26FN5O2S/c1-15(25-11-3-2-4-12-25)20-23-24-21(27(20)17-9-7-16(22)8-10-17)30-14-19(29)26-13-5-6-18(26)28/h7-10,15H,2-6,11-14H2,1H3/t15-/m1/s1. The van der Waals surface area contributed by atoms with Crippen molar-refractivity contribution >= 4 is 23.6 Å². The maximum atomic E-state index is 13.5. The summed E-state index contributed by atoms with van der Waals surface area (Å²) in [4.78, 5) is 28.0. The number of likely N-dealkylation sites (tertiary alicyclic amines) is 2. The monoisotopic (exact) mass is 431 g/mol. The van der Waals surface area contributed by atoms with E-state index in [4.69, 9.17) is 0 Å². The molecule has 2 aliphatic heterocycles. The molecule has 2 saturated heterocycles. The fraction of sp³-hybridized carbons (Fsp3) is 0.524. The van der Waals surface area contributed by atoms with Crippen LogP contribution in [0.5, 0.6) is 0 Å². The smallest absolute Gasteiger partial charge is 0.239 e. The number of halogens is 1. The topological polar surface area (TPSA) is 71.3 Å². The molecule has 0 spiro atoms. The van der Waals surface area contributed by atoms with E-state index in [9.17, 15) is 14.0 Å². The molecule has 30 heavy (non-hydrogen) atoms. The summed E-state index contributed by atoms with van der Waals surface area (Å²) in [6.45, 7) is 4.61. The van der Waals surface area contributed by atoms with Gasteiger partial charge in [-0.3, -0.25) is 24.0 Å². The number of amides is 2. The molecule has 0 N–H and O–H groups in total. The lowest BCUT2D eigenvalue weighted by Crippen LogP contribution is -2.34. The second kappa shape index (κ2) is 9.26. The summed E-state index contributed by atoms with van der Waals surface area (Å²) in [6.07, 6.45) is 4.72. The largest absolute Gasteiger partial charge is 0.294 e. The summed E-state index contributed by atoms with van der Waals surface area (Å²) in [7, 11) is 0. The van der Waals surface area contributed by atoms with Gasteiger partial charge in [0.25, 0.3) is 0 Å². The lowest BCUT2D eigenvalue weighted by atomic mass is 10.1. The van der Waals surface area contributed by atoms with Gasteiger partial charge >= 0.3 is 0 Å². The molecule has 7 nitrogen and oxygen atoms in total. The molecule has 1 atom stereocenters. The summed E-state index contributed by atoms with van der Waals surface area (Å²) in [6, 6.07) is 6.26. The molecule has 0 unspecified atom stereocenters. The Morgan fingerprint density at radius 3 is 2.50 bits per heavy atom. The van der Waals surface area contributed by atoms with E-state index >= 15 is 0 Å². The molecular formula is C21H26FN5O2S. The molecular weight excluding hydrogens is 405 g/mol. The third-order valence-corrected chi connectivity index (χ3v) is 6.67. The molecule has 0 saturated carbocycles. The summed E-state index contributed by atoms with van der Waals surface area (Å²) in [5.41, 5.74) is 0.757. The number of carbonyl (C=O) groups excluding carboxylic acids is 2. The molecule has 9 heteroatoms. The lowest BCUT2D eigenvalue weighted by Gasteiger charge is -2.31. The molecule has 1 aromatic carbocycles. The Kier molecular flexibility index (Phi) is 6.48. The van der Waals surface area contributed by atoms with Crippen molar-refractivity contribution in [2.24, 2.45) is 0 Å². The highest BCUT2D eigenvalue weighted by molar-refractivity contribution is 7.99. The van der Waals surface area contributed by atoms with Crippen LogP contribution in [-0.2, 0) is 9.59 Å². The Hall–Kier alpha value is -2.26. The zero-order valence-electron chi connectivity index (χ0n) is 17.1. The van der Waals surface area contributed by atoms with Crippen molar-refractivity contribution in [2.45, 2.75) is 50.2 Å². The van der Waals surface area contributed by atoms with Crippen LogP contribution in [-0.4, -0.2) is 61.8 Å². The molecule has 0 aliphatic carbocycles. The van der Waals surface area contributed by atoms with E-state index in [2.05, 4.69) is 22.0 Å². The van der Waals surface area contributed by atoms with E-state index in [0.29, 0.717) is 18.1 Å².